The fourth-order valence-electron chi connectivity index (χ4n) is 4.06. The highest BCUT2D eigenvalue weighted by atomic mass is 32.2. The molecule has 31 heavy (non-hydrogen) atoms. The largest absolute Gasteiger partial charge is 0.463 e. The van der Waals surface area contributed by atoms with Crippen LogP contribution in [0, 0.1) is 0 Å². The molecule has 0 amide bonds. The Bertz CT molecular complexity index is 939. The van der Waals surface area contributed by atoms with Crippen molar-refractivity contribution in [3.8, 4) is 0 Å². The third-order valence-corrected chi connectivity index (χ3v) is 7.02. The summed E-state index contributed by atoms with van der Waals surface area (Å²) in [5, 5.41) is -1.55. The zero-order valence-electron chi connectivity index (χ0n) is 17.1. The van der Waals surface area contributed by atoms with E-state index in [0.717, 1.165) is 13.8 Å². The first kappa shape index (κ1) is 23.2. The third kappa shape index (κ3) is 4.04. The van der Waals surface area contributed by atoms with Gasteiger partial charge in [0.2, 0.25) is 0 Å². The maximum atomic E-state index is 12.7. The smallest absolute Gasteiger partial charge is 0.344 e. The number of ether oxygens (including phenoxy) is 5. The summed E-state index contributed by atoms with van der Waals surface area (Å²) in [6.45, 7) is 5.33. The summed E-state index contributed by atoms with van der Waals surface area (Å²) in [5.74, 6) is -3.24. The van der Waals surface area contributed by atoms with Gasteiger partial charge in [-0.25, -0.2) is 9.59 Å². The molecule has 0 saturated carbocycles. The molecule has 0 spiro atoms. The van der Waals surface area contributed by atoms with Crippen molar-refractivity contribution in [1.29, 1.82) is 0 Å². The first-order valence-electron chi connectivity index (χ1n) is 9.24. The Morgan fingerprint density at radius 2 is 1.65 bits per heavy atom. The molecule has 13 heteroatoms. The van der Waals surface area contributed by atoms with Crippen LogP contribution in [-0.2, 0) is 57.2 Å². The van der Waals surface area contributed by atoms with Gasteiger partial charge >= 0.3 is 23.9 Å². The molecule has 3 fully saturated rings. The Hall–Kier alpha value is -2.51. The molecule has 3 heterocycles. The summed E-state index contributed by atoms with van der Waals surface area (Å²) in [4.78, 5) is 46.6. The highest BCUT2D eigenvalue weighted by Gasteiger charge is 2.82. The van der Waals surface area contributed by atoms with E-state index in [2.05, 4.69) is 6.58 Å². The van der Waals surface area contributed by atoms with E-state index in [4.69, 9.17) is 27.9 Å². The summed E-state index contributed by atoms with van der Waals surface area (Å²) in [7, 11) is -4.31. The van der Waals surface area contributed by atoms with Crippen molar-refractivity contribution in [2.24, 2.45) is 0 Å². The Balaban J connectivity index is 1.90. The van der Waals surface area contributed by atoms with Gasteiger partial charge in [-0.15, -0.1) is 0 Å². The van der Waals surface area contributed by atoms with Crippen molar-refractivity contribution in [3.63, 3.8) is 0 Å². The molecular weight excluding hydrogens is 440 g/mol. The van der Waals surface area contributed by atoms with Crippen LogP contribution in [0.5, 0.6) is 0 Å². The van der Waals surface area contributed by atoms with Gasteiger partial charge in [-0.2, -0.15) is 8.42 Å². The molecular formula is C18H22O12S. The van der Waals surface area contributed by atoms with Crippen LogP contribution in [0.4, 0.5) is 0 Å². The second kappa shape index (κ2) is 7.88. The van der Waals surface area contributed by atoms with Crippen LogP contribution < -0.4 is 0 Å². The van der Waals surface area contributed by atoms with E-state index in [-0.39, 0.29) is 12.0 Å². The van der Waals surface area contributed by atoms with Gasteiger partial charge in [0, 0.05) is 25.8 Å². The number of carbonyl (C=O) groups excluding carboxylic acids is 4. The molecule has 3 aliphatic heterocycles. The third-order valence-electron chi connectivity index (χ3n) is 5.25. The first-order valence-corrected chi connectivity index (χ1v) is 10.7. The van der Waals surface area contributed by atoms with E-state index in [9.17, 15) is 27.6 Å². The first-order chi connectivity index (χ1) is 14.3. The Morgan fingerprint density at radius 1 is 1.03 bits per heavy atom. The normalized spacial score (nSPS) is 34.1. The van der Waals surface area contributed by atoms with Gasteiger partial charge in [-0.3, -0.25) is 13.8 Å². The van der Waals surface area contributed by atoms with Crippen LogP contribution in [0.25, 0.3) is 0 Å². The summed E-state index contributed by atoms with van der Waals surface area (Å²) < 4.78 is 56.7. The fraction of sp³-hybridized carbons (Fsp3) is 0.667. The standard InChI is InChI=1S/C18H22O12S/c1-9(2)16(22)25-6-13(21)28-14-15-18(8-27-11(4)20)12(29-31(15,23)24)5-17(14,30-18)7-26-10(3)19/h12,14-15H,1,5-8H2,2-4H3. The average Bonchev–Trinajstić information content (AvgIpc) is 3.15. The lowest BCUT2D eigenvalue weighted by Gasteiger charge is -2.33. The molecule has 0 aliphatic carbocycles. The van der Waals surface area contributed by atoms with Crippen molar-refractivity contribution in [2.45, 2.75) is 55.9 Å². The highest BCUT2D eigenvalue weighted by molar-refractivity contribution is 7.87. The van der Waals surface area contributed by atoms with E-state index < -0.39 is 82.5 Å². The van der Waals surface area contributed by atoms with Crippen LogP contribution in [0.15, 0.2) is 12.2 Å². The molecule has 5 atom stereocenters. The predicted octanol–water partition coefficient (Wildman–Crippen LogP) is -0.848. The second-order valence-electron chi connectivity index (χ2n) is 7.65. The molecule has 0 aromatic heterocycles. The van der Waals surface area contributed by atoms with Gasteiger partial charge in [0.05, 0.1) is 0 Å². The van der Waals surface area contributed by atoms with Crippen molar-refractivity contribution >= 4 is 34.0 Å². The van der Waals surface area contributed by atoms with Gasteiger partial charge in [-0.05, 0) is 6.92 Å². The fourth-order valence-corrected chi connectivity index (χ4v) is 6.10. The summed E-state index contributed by atoms with van der Waals surface area (Å²) in [6, 6.07) is 0. The summed E-state index contributed by atoms with van der Waals surface area (Å²) in [5.41, 5.74) is -3.15. The SMILES string of the molecule is C=C(C)C(=O)OCC(=O)OC1C2C3(COC(C)=O)OC1(COC(C)=O)CC3OS2(=O)=O. The predicted molar refractivity (Wildman–Crippen MR) is 97.7 cm³/mol. The summed E-state index contributed by atoms with van der Waals surface area (Å²) in [6.07, 6.45) is -2.61. The van der Waals surface area contributed by atoms with E-state index in [0.29, 0.717) is 0 Å². The Morgan fingerprint density at radius 3 is 2.23 bits per heavy atom. The molecule has 0 radical (unpaired) electrons. The Labute approximate surface area is 177 Å². The number of hydrogen-bond donors (Lipinski definition) is 0. The highest BCUT2D eigenvalue weighted by Crippen LogP contribution is 2.60. The van der Waals surface area contributed by atoms with Crippen LogP contribution in [0.1, 0.15) is 27.2 Å². The van der Waals surface area contributed by atoms with Gasteiger partial charge in [0.1, 0.15) is 24.9 Å². The van der Waals surface area contributed by atoms with Crippen LogP contribution in [-0.4, -0.2) is 80.8 Å². The van der Waals surface area contributed by atoms with E-state index in [1.165, 1.54) is 6.92 Å². The minimum atomic E-state index is -4.31. The lowest BCUT2D eigenvalue weighted by molar-refractivity contribution is -0.177. The number of esters is 4. The van der Waals surface area contributed by atoms with Crippen molar-refractivity contribution in [1.82, 2.24) is 0 Å². The topological polar surface area (TPSA) is 158 Å². The zero-order valence-corrected chi connectivity index (χ0v) is 17.9. The van der Waals surface area contributed by atoms with Crippen molar-refractivity contribution < 1.29 is 55.5 Å². The molecule has 172 valence electrons. The second-order valence-corrected chi connectivity index (χ2v) is 9.34. The van der Waals surface area contributed by atoms with Crippen LogP contribution >= 0.6 is 0 Å². The maximum absolute atomic E-state index is 12.7. The molecule has 3 saturated heterocycles. The number of fused-ring (bicyclic) bond motifs is 1. The van der Waals surface area contributed by atoms with E-state index in [1.807, 2.05) is 0 Å². The van der Waals surface area contributed by atoms with E-state index >= 15 is 0 Å². The van der Waals surface area contributed by atoms with Gasteiger partial charge in [0.25, 0.3) is 10.1 Å². The molecule has 2 bridgehead atoms. The van der Waals surface area contributed by atoms with Gasteiger partial charge in [0.15, 0.2) is 23.6 Å². The van der Waals surface area contributed by atoms with E-state index in [1.54, 1.807) is 0 Å². The molecule has 3 aliphatic rings. The van der Waals surface area contributed by atoms with Crippen LogP contribution in [0.3, 0.4) is 0 Å². The number of rotatable bonds is 8. The lowest BCUT2D eigenvalue weighted by Crippen LogP contribution is -2.57. The Kier molecular flexibility index (Phi) is 5.88. The maximum Gasteiger partial charge on any atom is 0.344 e. The minimum Gasteiger partial charge on any atom is -0.463 e. The summed E-state index contributed by atoms with van der Waals surface area (Å²) >= 11 is 0. The monoisotopic (exact) mass is 462 g/mol. The average molecular weight is 462 g/mol. The number of hydrogen-bond acceptors (Lipinski definition) is 12. The molecule has 0 N–H and O–H groups in total. The van der Waals surface area contributed by atoms with Gasteiger partial charge in [-0.1, -0.05) is 6.58 Å². The molecule has 12 nitrogen and oxygen atoms in total. The lowest BCUT2D eigenvalue weighted by atomic mass is 9.78. The molecule has 0 aromatic carbocycles. The molecule has 0 aromatic rings. The zero-order chi connectivity index (χ0) is 23.2. The van der Waals surface area contributed by atoms with Gasteiger partial charge < -0.3 is 23.7 Å². The number of carbonyl (C=O) groups is 4. The minimum absolute atomic E-state index is 0.0531. The molecule has 3 rings (SSSR count). The molecule has 5 unspecified atom stereocenters. The quantitative estimate of drug-likeness (QED) is 0.191. The van der Waals surface area contributed by atoms with Crippen LogP contribution in [0.2, 0.25) is 0 Å². The van der Waals surface area contributed by atoms with Crippen molar-refractivity contribution in [2.75, 3.05) is 19.8 Å². The van der Waals surface area contributed by atoms with Crippen molar-refractivity contribution in [3.05, 3.63) is 12.2 Å².